The second-order valence-electron chi connectivity index (χ2n) is 4.17. The molecule has 7 heteroatoms. The van der Waals surface area contributed by atoms with E-state index in [2.05, 4.69) is 10.6 Å². The molecular formula is C13H16F2N2O3. The lowest BCUT2D eigenvalue weighted by Gasteiger charge is -2.15. The number of anilines is 1. The van der Waals surface area contributed by atoms with E-state index >= 15 is 0 Å². The van der Waals surface area contributed by atoms with Gasteiger partial charge in [0, 0.05) is 24.4 Å². The molecule has 0 aliphatic heterocycles. The number of carbonyl (C=O) groups excluding carboxylic acids is 2. The lowest BCUT2D eigenvalue weighted by atomic mass is 10.1. The van der Waals surface area contributed by atoms with Gasteiger partial charge in [-0.3, -0.25) is 9.59 Å². The molecule has 0 bridgehead atoms. The molecule has 1 unspecified atom stereocenters. The fourth-order valence-electron chi connectivity index (χ4n) is 1.55. The normalized spacial score (nSPS) is 11.8. The van der Waals surface area contributed by atoms with Crippen molar-refractivity contribution in [2.45, 2.75) is 25.8 Å². The third-order valence-corrected chi connectivity index (χ3v) is 2.69. The van der Waals surface area contributed by atoms with Gasteiger partial charge in [-0.25, -0.2) is 8.78 Å². The van der Waals surface area contributed by atoms with Gasteiger partial charge < -0.3 is 15.7 Å². The second kappa shape index (κ2) is 7.54. The van der Waals surface area contributed by atoms with Gasteiger partial charge in [0.15, 0.2) is 11.6 Å². The first-order valence-corrected chi connectivity index (χ1v) is 6.15. The van der Waals surface area contributed by atoms with Gasteiger partial charge in [0.05, 0.1) is 0 Å². The first kappa shape index (κ1) is 16.0. The maximum Gasteiger partial charge on any atom is 0.313 e. The van der Waals surface area contributed by atoms with Crippen molar-refractivity contribution >= 4 is 17.5 Å². The number of aliphatic hydroxyl groups excluding tert-OH is 1. The molecule has 1 atom stereocenters. The molecular weight excluding hydrogens is 270 g/mol. The predicted octanol–water partition coefficient (Wildman–Crippen LogP) is 1.18. The summed E-state index contributed by atoms with van der Waals surface area (Å²) in [5, 5.41) is 13.4. The molecule has 0 saturated heterocycles. The third-order valence-electron chi connectivity index (χ3n) is 2.69. The van der Waals surface area contributed by atoms with E-state index in [1.165, 1.54) is 0 Å². The Labute approximate surface area is 115 Å². The number of amides is 2. The quantitative estimate of drug-likeness (QED) is 0.711. The minimum atomic E-state index is -1.12. The van der Waals surface area contributed by atoms with E-state index in [-0.39, 0.29) is 18.3 Å². The summed E-state index contributed by atoms with van der Waals surface area (Å²) in [6, 6.07) is 2.46. The zero-order chi connectivity index (χ0) is 15.1. The number of nitrogens with one attached hydrogen (secondary N) is 2. The van der Waals surface area contributed by atoms with E-state index in [1.807, 2.05) is 0 Å². The third kappa shape index (κ3) is 4.58. The lowest BCUT2D eigenvalue weighted by molar-refractivity contribution is -0.136. The van der Waals surface area contributed by atoms with Gasteiger partial charge in [0.2, 0.25) is 0 Å². The van der Waals surface area contributed by atoms with Crippen molar-refractivity contribution in [3.05, 3.63) is 29.8 Å². The van der Waals surface area contributed by atoms with Crippen LogP contribution in [-0.4, -0.2) is 29.6 Å². The fraction of sp³-hybridized carbons (Fsp3) is 0.385. The number of carbonyl (C=O) groups is 2. The van der Waals surface area contributed by atoms with E-state index < -0.39 is 23.4 Å². The number of hydrogen-bond donors (Lipinski definition) is 3. The molecule has 0 heterocycles. The second-order valence-corrected chi connectivity index (χ2v) is 4.17. The average Bonchev–Trinajstić information content (AvgIpc) is 2.42. The molecule has 0 aliphatic rings. The van der Waals surface area contributed by atoms with E-state index in [4.69, 9.17) is 5.11 Å². The van der Waals surface area contributed by atoms with Gasteiger partial charge in [0.25, 0.3) is 0 Å². The molecule has 0 spiro atoms. The number of aliphatic hydroxyl groups is 1. The first-order chi connectivity index (χ1) is 9.47. The average molecular weight is 286 g/mol. The molecule has 20 heavy (non-hydrogen) atoms. The zero-order valence-corrected chi connectivity index (χ0v) is 11.0. The summed E-state index contributed by atoms with van der Waals surface area (Å²) in [6.07, 6.45) is 0.894. The van der Waals surface area contributed by atoms with Crippen LogP contribution in [0, 0.1) is 11.6 Å². The van der Waals surface area contributed by atoms with Crippen molar-refractivity contribution in [3.63, 3.8) is 0 Å². The van der Waals surface area contributed by atoms with E-state index in [0.29, 0.717) is 12.8 Å². The standard InChI is InChI=1S/C13H16F2N2O3/c1-2-8(5-6-18)16-12(19)13(20)17-9-3-4-10(14)11(15)7-9/h3-4,7-8,18H,2,5-6H2,1H3,(H,16,19)(H,17,20). The Kier molecular flexibility index (Phi) is 6.05. The summed E-state index contributed by atoms with van der Waals surface area (Å²) < 4.78 is 25.6. The van der Waals surface area contributed by atoms with Crippen LogP contribution < -0.4 is 10.6 Å². The summed E-state index contributed by atoms with van der Waals surface area (Å²) in [5.74, 6) is -4.03. The molecule has 0 fully saturated rings. The molecule has 0 saturated carbocycles. The Balaban J connectivity index is 2.61. The molecule has 1 aromatic carbocycles. The minimum absolute atomic E-state index is 0.0146. The van der Waals surface area contributed by atoms with Crippen molar-refractivity contribution in [2.24, 2.45) is 0 Å². The van der Waals surface area contributed by atoms with Gasteiger partial charge in [-0.2, -0.15) is 0 Å². The van der Waals surface area contributed by atoms with Gasteiger partial charge >= 0.3 is 11.8 Å². The Morgan fingerprint density at radius 3 is 2.50 bits per heavy atom. The molecule has 1 aromatic rings. The highest BCUT2D eigenvalue weighted by Crippen LogP contribution is 2.12. The highest BCUT2D eigenvalue weighted by Gasteiger charge is 2.18. The van der Waals surface area contributed by atoms with Crippen LogP contribution in [0.2, 0.25) is 0 Å². The van der Waals surface area contributed by atoms with Crippen molar-refractivity contribution in [1.82, 2.24) is 5.32 Å². The van der Waals surface area contributed by atoms with E-state index in [9.17, 15) is 18.4 Å². The highest BCUT2D eigenvalue weighted by molar-refractivity contribution is 6.39. The largest absolute Gasteiger partial charge is 0.396 e. The molecule has 110 valence electrons. The summed E-state index contributed by atoms with van der Waals surface area (Å²) in [5.41, 5.74) is -0.0146. The maximum absolute atomic E-state index is 12.9. The SMILES string of the molecule is CCC(CCO)NC(=O)C(=O)Nc1ccc(F)c(F)c1. The maximum atomic E-state index is 12.9. The molecule has 5 nitrogen and oxygen atoms in total. The molecule has 3 N–H and O–H groups in total. The topological polar surface area (TPSA) is 78.4 Å². The van der Waals surface area contributed by atoms with Gasteiger partial charge in [0.1, 0.15) is 0 Å². The Morgan fingerprint density at radius 2 is 1.95 bits per heavy atom. The van der Waals surface area contributed by atoms with Crippen molar-refractivity contribution in [3.8, 4) is 0 Å². The van der Waals surface area contributed by atoms with Crippen LogP contribution in [0.5, 0.6) is 0 Å². The monoisotopic (exact) mass is 286 g/mol. The van der Waals surface area contributed by atoms with Crippen LogP contribution in [0.3, 0.4) is 0 Å². The Morgan fingerprint density at radius 1 is 1.25 bits per heavy atom. The number of halogens is 2. The first-order valence-electron chi connectivity index (χ1n) is 6.15. The van der Waals surface area contributed by atoms with Gasteiger partial charge in [-0.1, -0.05) is 6.92 Å². The van der Waals surface area contributed by atoms with Crippen molar-refractivity contribution < 1.29 is 23.5 Å². The fourth-order valence-corrected chi connectivity index (χ4v) is 1.55. The van der Waals surface area contributed by atoms with Crippen LogP contribution in [-0.2, 0) is 9.59 Å². The van der Waals surface area contributed by atoms with E-state index in [1.54, 1.807) is 6.92 Å². The molecule has 1 rings (SSSR count). The molecule has 0 aromatic heterocycles. The summed E-state index contributed by atoms with van der Waals surface area (Å²) in [4.78, 5) is 23.1. The van der Waals surface area contributed by atoms with Crippen LogP contribution in [0.4, 0.5) is 14.5 Å². The molecule has 0 radical (unpaired) electrons. The number of hydrogen-bond acceptors (Lipinski definition) is 3. The van der Waals surface area contributed by atoms with E-state index in [0.717, 1.165) is 18.2 Å². The van der Waals surface area contributed by atoms with Crippen LogP contribution >= 0.6 is 0 Å². The smallest absolute Gasteiger partial charge is 0.313 e. The van der Waals surface area contributed by atoms with Crippen LogP contribution in [0.1, 0.15) is 19.8 Å². The Hall–Kier alpha value is -2.02. The van der Waals surface area contributed by atoms with Crippen molar-refractivity contribution in [1.29, 1.82) is 0 Å². The summed E-state index contributed by atoms with van der Waals surface area (Å²) in [6.45, 7) is 1.69. The zero-order valence-electron chi connectivity index (χ0n) is 11.0. The summed E-state index contributed by atoms with van der Waals surface area (Å²) >= 11 is 0. The van der Waals surface area contributed by atoms with Crippen LogP contribution in [0.15, 0.2) is 18.2 Å². The van der Waals surface area contributed by atoms with Crippen molar-refractivity contribution in [2.75, 3.05) is 11.9 Å². The van der Waals surface area contributed by atoms with Gasteiger partial charge in [-0.15, -0.1) is 0 Å². The highest BCUT2D eigenvalue weighted by atomic mass is 19.2. The summed E-state index contributed by atoms with van der Waals surface area (Å²) in [7, 11) is 0. The predicted molar refractivity (Wildman–Crippen MR) is 68.9 cm³/mol. The lowest BCUT2D eigenvalue weighted by Crippen LogP contribution is -2.42. The minimum Gasteiger partial charge on any atom is -0.396 e. The molecule has 0 aliphatic carbocycles. The number of rotatable bonds is 5. The Bertz CT molecular complexity index is 495. The number of benzene rings is 1. The van der Waals surface area contributed by atoms with Crippen LogP contribution in [0.25, 0.3) is 0 Å². The molecule has 2 amide bonds. The van der Waals surface area contributed by atoms with Gasteiger partial charge in [-0.05, 0) is 25.0 Å².